The van der Waals surface area contributed by atoms with Crippen LogP contribution < -0.4 is 10.6 Å². The van der Waals surface area contributed by atoms with Gasteiger partial charge in [-0.15, -0.1) is 0 Å². The first-order chi connectivity index (χ1) is 19.4. The molecular weight excluding hydrogens is 548 g/mol. The average molecular weight is 605 g/mol. The van der Waals surface area contributed by atoms with Crippen LogP contribution in [0.3, 0.4) is 0 Å². The zero-order chi connectivity index (χ0) is 31.3. The van der Waals surface area contributed by atoms with Crippen molar-refractivity contribution in [2.75, 3.05) is 47.6 Å². The Morgan fingerprint density at radius 1 is 0.732 bits per heavy atom. The number of hydrogen-bond acceptors (Lipinski definition) is 9. The Labute approximate surface area is 248 Å². The number of carbonyl (C=O) groups is 3. The minimum Gasteiger partial charge on any atom is -0.460 e. The summed E-state index contributed by atoms with van der Waals surface area (Å²) < 4.78 is 31.8. The molecule has 41 heavy (non-hydrogen) atoms. The van der Waals surface area contributed by atoms with Crippen LogP contribution in [0, 0.1) is 17.8 Å². The van der Waals surface area contributed by atoms with E-state index in [4.69, 9.17) is 27.5 Å². The minimum absolute atomic E-state index is 0.0775. The first-order valence-electron chi connectivity index (χ1n) is 14.7. The summed E-state index contributed by atoms with van der Waals surface area (Å²) in [5.41, 5.74) is 0.320. The van der Waals surface area contributed by atoms with Crippen molar-refractivity contribution in [3.63, 3.8) is 0 Å². The summed E-state index contributed by atoms with van der Waals surface area (Å²) in [6, 6.07) is 0.616. The van der Waals surface area contributed by atoms with Crippen LogP contribution >= 0.6 is 0 Å². The summed E-state index contributed by atoms with van der Waals surface area (Å²) in [7, 11) is 2.11. The van der Waals surface area contributed by atoms with E-state index in [2.05, 4.69) is 38.0 Å². The molecule has 0 fully saturated rings. The molecule has 240 valence electrons. The van der Waals surface area contributed by atoms with Crippen LogP contribution in [0.1, 0.15) is 79.6 Å². The van der Waals surface area contributed by atoms with Gasteiger partial charge >= 0.3 is 27.0 Å². The number of amides is 2. The van der Waals surface area contributed by atoms with Crippen molar-refractivity contribution >= 4 is 27.0 Å². The van der Waals surface area contributed by atoms with Crippen molar-refractivity contribution in [1.82, 2.24) is 10.6 Å². The van der Waals surface area contributed by atoms with Gasteiger partial charge in [-0.05, 0) is 57.3 Å². The molecular formula is C29H56N2O9Si. The van der Waals surface area contributed by atoms with Gasteiger partial charge in [0.1, 0.15) is 12.7 Å². The van der Waals surface area contributed by atoms with Crippen LogP contribution in [0.15, 0.2) is 12.2 Å². The predicted octanol–water partition coefficient (Wildman–Crippen LogP) is 5.46. The topological polar surface area (TPSA) is 131 Å². The lowest BCUT2D eigenvalue weighted by molar-refractivity contribution is -0.138. The van der Waals surface area contributed by atoms with E-state index in [0.29, 0.717) is 48.9 Å². The van der Waals surface area contributed by atoms with Crippen molar-refractivity contribution < 1.29 is 41.9 Å². The van der Waals surface area contributed by atoms with Gasteiger partial charge in [0, 0.05) is 39.5 Å². The molecule has 4 atom stereocenters. The highest BCUT2D eigenvalue weighted by Gasteiger charge is 2.36. The van der Waals surface area contributed by atoms with Gasteiger partial charge in [-0.2, -0.15) is 0 Å². The molecule has 0 bridgehead atoms. The lowest BCUT2D eigenvalue weighted by Gasteiger charge is -2.24. The summed E-state index contributed by atoms with van der Waals surface area (Å²) in [5, 5.41) is 5.36. The van der Waals surface area contributed by atoms with E-state index in [1.54, 1.807) is 28.3 Å². The number of alkyl carbamates (subject to hydrolysis) is 2. The molecule has 11 nitrogen and oxygen atoms in total. The second kappa shape index (κ2) is 22.4. The van der Waals surface area contributed by atoms with Crippen molar-refractivity contribution in [3.05, 3.63) is 12.2 Å². The minimum atomic E-state index is -2.61. The lowest BCUT2D eigenvalue weighted by Crippen LogP contribution is -2.43. The Balaban J connectivity index is 3.94. The second-order valence-corrected chi connectivity index (χ2v) is 14.1. The van der Waals surface area contributed by atoms with Crippen LogP contribution in [0.25, 0.3) is 0 Å². The predicted molar refractivity (Wildman–Crippen MR) is 160 cm³/mol. The van der Waals surface area contributed by atoms with Gasteiger partial charge < -0.3 is 38.1 Å². The number of ether oxygens (including phenoxy) is 3. The Kier molecular flexibility index (Phi) is 21.3. The summed E-state index contributed by atoms with van der Waals surface area (Å²) >= 11 is 0. The van der Waals surface area contributed by atoms with Gasteiger partial charge in [-0.25, -0.2) is 14.4 Å². The van der Waals surface area contributed by atoms with Crippen LogP contribution in [0.4, 0.5) is 9.59 Å². The molecule has 0 radical (unpaired) electrons. The molecule has 0 saturated heterocycles. The monoisotopic (exact) mass is 604 g/mol. The second-order valence-electron chi connectivity index (χ2n) is 11.0. The van der Waals surface area contributed by atoms with E-state index in [9.17, 15) is 14.4 Å². The van der Waals surface area contributed by atoms with E-state index in [1.807, 2.05) is 6.92 Å². The molecule has 0 aromatic carbocycles. The normalized spacial score (nSPS) is 14.3. The Hall–Kier alpha value is -2.15. The number of esters is 1. The fourth-order valence-electron chi connectivity index (χ4n) is 4.05. The van der Waals surface area contributed by atoms with Gasteiger partial charge in [-0.3, -0.25) is 0 Å². The average Bonchev–Trinajstić information content (AvgIpc) is 2.95. The first kappa shape index (κ1) is 38.8. The molecule has 0 aromatic heterocycles. The van der Waals surface area contributed by atoms with Crippen molar-refractivity contribution in [2.24, 2.45) is 17.8 Å². The Morgan fingerprint density at radius 3 is 1.78 bits per heavy atom. The van der Waals surface area contributed by atoms with Gasteiger partial charge in [-0.1, -0.05) is 46.6 Å². The van der Waals surface area contributed by atoms with E-state index in [0.717, 1.165) is 38.5 Å². The highest BCUT2D eigenvalue weighted by atomic mass is 28.4. The van der Waals surface area contributed by atoms with Crippen molar-refractivity contribution in [2.45, 2.75) is 91.7 Å². The highest BCUT2D eigenvalue weighted by Crippen LogP contribution is 2.22. The van der Waals surface area contributed by atoms with E-state index in [-0.39, 0.29) is 19.3 Å². The van der Waals surface area contributed by atoms with E-state index < -0.39 is 27.0 Å². The van der Waals surface area contributed by atoms with Gasteiger partial charge in [0.15, 0.2) is 0 Å². The van der Waals surface area contributed by atoms with Gasteiger partial charge in [0.25, 0.3) is 0 Å². The molecule has 0 rings (SSSR count). The largest absolute Gasteiger partial charge is 0.500 e. The number of carbonyl (C=O) groups excluding carboxylic acids is 3. The summed E-state index contributed by atoms with van der Waals surface area (Å²) in [4.78, 5) is 35.2. The summed E-state index contributed by atoms with van der Waals surface area (Å²) in [5.74, 6) is 0.925. The van der Waals surface area contributed by atoms with Crippen molar-refractivity contribution in [1.29, 1.82) is 0 Å². The van der Waals surface area contributed by atoms with Crippen LogP contribution in [0.2, 0.25) is 6.04 Å². The van der Waals surface area contributed by atoms with Gasteiger partial charge in [0.2, 0.25) is 0 Å². The third kappa shape index (κ3) is 19.6. The van der Waals surface area contributed by atoms with Crippen LogP contribution in [-0.4, -0.2) is 80.7 Å². The first-order valence-corrected chi connectivity index (χ1v) is 16.6. The van der Waals surface area contributed by atoms with E-state index >= 15 is 0 Å². The highest BCUT2D eigenvalue weighted by molar-refractivity contribution is 6.60. The smallest absolute Gasteiger partial charge is 0.460 e. The fourth-order valence-corrected chi connectivity index (χ4v) is 5.78. The number of hydrogen-bond donors (Lipinski definition) is 2. The maximum Gasteiger partial charge on any atom is 0.500 e. The molecule has 0 aliphatic heterocycles. The molecule has 12 heteroatoms. The number of rotatable bonds is 23. The molecule has 2 N–H and O–H groups in total. The molecule has 2 amide bonds. The zero-order valence-electron chi connectivity index (χ0n) is 26.7. The van der Waals surface area contributed by atoms with Crippen molar-refractivity contribution in [3.8, 4) is 0 Å². The number of nitrogens with one attached hydrogen (secondary N) is 2. The molecule has 0 aliphatic rings. The maximum absolute atomic E-state index is 12.0. The lowest BCUT2D eigenvalue weighted by atomic mass is 9.90. The van der Waals surface area contributed by atoms with Crippen LogP contribution in [0.5, 0.6) is 0 Å². The Morgan fingerprint density at radius 2 is 1.24 bits per heavy atom. The molecule has 0 heterocycles. The summed E-state index contributed by atoms with van der Waals surface area (Å²) in [6.45, 7) is 14.7. The molecule has 0 aromatic rings. The zero-order valence-corrected chi connectivity index (χ0v) is 27.7. The molecule has 0 spiro atoms. The van der Waals surface area contributed by atoms with E-state index in [1.165, 1.54) is 0 Å². The standard InChI is InChI=1S/C29H56N2O9Si/c1-22(2)27(32)38-19-18-31-29(34)40-26(6)16-15-24(4)12-11-23(3)13-14-25(5)21-39-28(33)30-17-10-20-41(35-7,36-8)37-9/h23-26H,1,10-21H2,2-9H3,(H,30,33)(H,31,34). The fraction of sp³-hybridized carbons (Fsp3) is 0.828. The summed E-state index contributed by atoms with van der Waals surface area (Å²) in [6.07, 6.45) is 5.66. The third-order valence-electron chi connectivity index (χ3n) is 6.99. The molecule has 0 saturated carbocycles. The third-order valence-corrected chi connectivity index (χ3v) is 9.82. The SMILES string of the molecule is C=C(C)C(=O)OCCNC(=O)OC(C)CCC(C)CCC(C)CCC(C)COC(=O)NCCC[Si](OC)(OC)OC. The quantitative estimate of drug-likeness (QED) is 0.0513. The molecule has 0 aliphatic carbocycles. The Bertz CT molecular complexity index is 756. The maximum atomic E-state index is 12.0. The van der Waals surface area contributed by atoms with Crippen LogP contribution in [-0.2, 0) is 32.3 Å². The van der Waals surface area contributed by atoms with Gasteiger partial charge in [0.05, 0.1) is 13.2 Å². The molecule has 4 unspecified atom stereocenters.